The first-order valence-electron chi connectivity index (χ1n) is 8.85. The van der Waals surface area contributed by atoms with Crippen LogP contribution in [0.4, 0.5) is 8.78 Å². The van der Waals surface area contributed by atoms with E-state index in [1.807, 2.05) is 12.1 Å². The van der Waals surface area contributed by atoms with Gasteiger partial charge in [-0.15, -0.1) is 0 Å². The number of fused-ring (bicyclic) bond motifs is 1. The Labute approximate surface area is 146 Å². The molecule has 130 valence electrons. The summed E-state index contributed by atoms with van der Waals surface area (Å²) >= 11 is 0. The third kappa shape index (κ3) is 3.45. The average molecular weight is 340 g/mol. The maximum absolute atomic E-state index is 13.5. The molecule has 1 N–H and O–H groups in total. The highest BCUT2D eigenvalue weighted by molar-refractivity contribution is 5.80. The topological polar surface area (TPSA) is 19.0 Å². The van der Waals surface area contributed by atoms with E-state index in [2.05, 4.69) is 22.9 Å². The van der Waals surface area contributed by atoms with Crippen LogP contribution in [0.25, 0.3) is 10.9 Å². The maximum atomic E-state index is 13.5. The molecule has 2 atom stereocenters. The van der Waals surface area contributed by atoms with E-state index in [1.165, 1.54) is 24.6 Å². The molecular weight excluding hydrogens is 318 g/mol. The van der Waals surface area contributed by atoms with Gasteiger partial charge in [-0.2, -0.15) is 0 Å². The number of likely N-dealkylation sites (tertiary alicyclic amines) is 1. The lowest BCUT2D eigenvalue weighted by molar-refractivity contribution is 0.104. The molecule has 1 aliphatic heterocycles. The molecule has 2 heterocycles. The van der Waals surface area contributed by atoms with Gasteiger partial charge in [0, 0.05) is 29.7 Å². The van der Waals surface area contributed by atoms with Crippen molar-refractivity contribution in [2.45, 2.75) is 32.4 Å². The molecule has 0 saturated carbocycles. The fraction of sp³-hybridized carbons (Fsp3) is 0.333. The number of halogens is 2. The number of nitrogens with one attached hydrogen (secondary N) is 1. The highest BCUT2D eigenvalue weighted by Gasteiger charge is 2.28. The summed E-state index contributed by atoms with van der Waals surface area (Å²) in [5.41, 5.74) is 3.22. The molecule has 3 aromatic rings. The predicted molar refractivity (Wildman–Crippen MR) is 96.2 cm³/mol. The lowest BCUT2D eigenvalue weighted by atomic mass is 9.92. The standard InChI is InChI=1S/C21H22F2N2/c1-14-2-9-21(20-11-16-10-18(23)7-8-19(16)24-20)25(12-14)13-15-3-5-17(22)6-4-15/h3-8,10-11,14,21,24H,2,9,12-13H2,1H3. The Balaban J connectivity index is 1.63. The van der Waals surface area contributed by atoms with Gasteiger partial charge in [0.1, 0.15) is 11.6 Å². The predicted octanol–water partition coefficient (Wildman–Crippen LogP) is 5.42. The summed E-state index contributed by atoms with van der Waals surface area (Å²) < 4.78 is 26.7. The Bertz CT molecular complexity index is 869. The molecule has 2 aromatic carbocycles. The van der Waals surface area contributed by atoms with E-state index in [-0.39, 0.29) is 17.7 Å². The number of aromatic amines is 1. The Morgan fingerprint density at radius 1 is 1.00 bits per heavy atom. The van der Waals surface area contributed by atoms with Crippen LogP contribution in [0.15, 0.2) is 48.5 Å². The zero-order chi connectivity index (χ0) is 17.4. The second-order valence-corrected chi connectivity index (χ2v) is 7.21. The fourth-order valence-corrected chi connectivity index (χ4v) is 3.90. The molecule has 4 heteroatoms. The monoisotopic (exact) mass is 340 g/mol. The van der Waals surface area contributed by atoms with Gasteiger partial charge < -0.3 is 4.98 Å². The van der Waals surface area contributed by atoms with Crippen molar-refractivity contribution in [3.63, 3.8) is 0 Å². The molecule has 2 nitrogen and oxygen atoms in total. The summed E-state index contributed by atoms with van der Waals surface area (Å²) in [5, 5.41) is 0.912. The van der Waals surface area contributed by atoms with E-state index >= 15 is 0 Å². The Kier molecular flexibility index (Phi) is 4.30. The SMILES string of the molecule is CC1CCC(c2cc3cc(F)ccc3[nH]2)N(Cc2ccc(F)cc2)C1. The van der Waals surface area contributed by atoms with E-state index in [0.717, 1.165) is 41.7 Å². The maximum Gasteiger partial charge on any atom is 0.123 e. The summed E-state index contributed by atoms with van der Waals surface area (Å²) in [6.45, 7) is 4.07. The largest absolute Gasteiger partial charge is 0.357 e. The summed E-state index contributed by atoms with van der Waals surface area (Å²) in [6.07, 6.45) is 2.24. The molecule has 25 heavy (non-hydrogen) atoms. The normalized spacial score (nSPS) is 21.7. The summed E-state index contributed by atoms with van der Waals surface area (Å²) in [5.74, 6) is 0.224. The lowest BCUT2D eigenvalue weighted by Gasteiger charge is -2.38. The van der Waals surface area contributed by atoms with Crippen molar-refractivity contribution in [3.8, 4) is 0 Å². The van der Waals surface area contributed by atoms with Crippen molar-refractivity contribution < 1.29 is 8.78 Å². The number of hydrogen-bond acceptors (Lipinski definition) is 1. The first-order valence-corrected chi connectivity index (χ1v) is 8.85. The van der Waals surface area contributed by atoms with E-state index in [1.54, 1.807) is 12.1 Å². The van der Waals surface area contributed by atoms with Gasteiger partial charge in [-0.1, -0.05) is 19.1 Å². The number of piperidine rings is 1. The lowest BCUT2D eigenvalue weighted by Crippen LogP contribution is -2.37. The third-order valence-corrected chi connectivity index (χ3v) is 5.18. The van der Waals surface area contributed by atoms with Gasteiger partial charge in [0.15, 0.2) is 0 Å². The molecule has 4 rings (SSSR count). The number of rotatable bonds is 3. The Morgan fingerprint density at radius 3 is 2.56 bits per heavy atom. The van der Waals surface area contributed by atoms with Gasteiger partial charge in [0.2, 0.25) is 0 Å². The average Bonchev–Trinajstić information content (AvgIpc) is 3.00. The first-order chi connectivity index (χ1) is 12.1. The highest BCUT2D eigenvalue weighted by Crippen LogP contribution is 2.35. The van der Waals surface area contributed by atoms with Crippen LogP contribution in [0.2, 0.25) is 0 Å². The quantitative estimate of drug-likeness (QED) is 0.674. The molecule has 0 aliphatic carbocycles. The number of nitrogens with zero attached hydrogens (tertiary/aromatic N) is 1. The van der Waals surface area contributed by atoms with Crippen LogP contribution in [0.3, 0.4) is 0 Å². The van der Waals surface area contributed by atoms with Gasteiger partial charge in [-0.05, 0) is 60.7 Å². The van der Waals surface area contributed by atoms with E-state index in [4.69, 9.17) is 0 Å². The van der Waals surface area contributed by atoms with Gasteiger partial charge in [-0.25, -0.2) is 8.78 Å². The Hall–Kier alpha value is -2.20. The van der Waals surface area contributed by atoms with Gasteiger partial charge in [0.25, 0.3) is 0 Å². The second-order valence-electron chi connectivity index (χ2n) is 7.21. The van der Waals surface area contributed by atoms with Crippen molar-refractivity contribution in [1.82, 2.24) is 9.88 Å². The number of benzene rings is 2. The second kappa shape index (κ2) is 6.60. The molecule has 0 bridgehead atoms. The van der Waals surface area contributed by atoms with Crippen molar-refractivity contribution in [2.75, 3.05) is 6.54 Å². The van der Waals surface area contributed by atoms with Crippen LogP contribution < -0.4 is 0 Å². The van der Waals surface area contributed by atoms with Crippen LogP contribution in [0, 0.1) is 17.6 Å². The van der Waals surface area contributed by atoms with Crippen LogP contribution in [0.1, 0.15) is 37.1 Å². The van der Waals surface area contributed by atoms with Crippen molar-refractivity contribution >= 4 is 10.9 Å². The van der Waals surface area contributed by atoms with Gasteiger partial charge in [0.05, 0.1) is 6.04 Å². The minimum Gasteiger partial charge on any atom is -0.357 e. The fourth-order valence-electron chi connectivity index (χ4n) is 3.90. The van der Waals surface area contributed by atoms with E-state index in [9.17, 15) is 8.78 Å². The highest BCUT2D eigenvalue weighted by atomic mass is 19.1. The van der Waals surface area contributed by atoms with Crippen LogP contribution >= 0.6 is 0 Å². The smallest absolute Gasteiger partial charge is 0.123 e. The Morgan fingerprint density at radius 2 is 1.76 bits per heavy atom. The molecule has 1 saturated heterocycles. The molecule has 0 radical (unpaired) electrons. The molecule has 0 amide bonds. The zero-order valence-corrected chi connectivity index (χ0v) is 14.3. The van der Waals surface area contributed by atoms with Gasteiger partial charge >= 0.3 is 0 Å². The summed E-state index contributed by atoms with van der Waals surface area (Å²) in [6, 6.07) is 13.9. The summed E-state index contributed by atoms with van der Waals surface area (Å²) in [4.78, 5) is 5.91. The van der Waals surface area contributed by atoms with Crippen LogP contribution in [-0.2, 0) is 6.54 Å². The molecule has 1 aliphatic rings. The summed E-state index contributed by atoms with van der Waals surface area (Å²) in [7, 11) is 0. The minimum absolute atomic E-state index is 0.204. The van der Waals surface area contributed by atoms with E-state index in [0.29, 0.717) is 5.92 Å². The first kappa shape index (κ1) is 16.3. The van der Waals surface area contributed by atoms with Crippen LogP contribution in [0.5, 0.6) is 0 Å². The third-order valence-electron chi connectivity index (χ3n) is 5.18. The van der Waals surface area contributed by atoms with Crippen molar-refractivity contribution in [3.05, 3.63) is 71.4 Å². The van der Waals surface area contributed by atoms with Gasteiger partial charge in [-0.3, -0.25) is 4.90 Å². The zero-order valence-electron chi connectivity index (χ0n) is 14.3. The number of hydrogen-bond donors (Lipinski definition) is 1. The number of H-pyrrole nitrogens is 1. The van der Waals surface area contributed by atoms with Crippen LogP contribution in [-0.4, -0.2) is 16.4 Å². The molecule has 1 aromatic heterocycles. The van der Waals surface area contributed by atoms with Crippen molar-refractivity contribution in [1.29, 1.82) is 0 Å². The molecule has 2 unspecified atom stereocenters. The molecule has 1 fully saturated rings. The van der Waals surface area contributed by atoms with Crippen molar-refractivity contribution in [2.24, 2.45) is 5.92 Å². The minimum atomic E-state index is -0.210. The molecular formula is C21H22F2N2. The number of aromatic nitrogens is 1. The van der Waals surface area contributed by atoms with E-state index < -0.39 is 0 Å². The molecule has 0 spiro atoms.